The Labute approximate surface area is 111 Å². The molecule has 0 bridgehead atoms. The van der Waals surface area contributed by atoms with E-state index >= 15 is 0 Å². The molecule has 104 valence electrons. The molecule has 2 rings (SSSR count). The average Bonchev–Trinajstić information content (AvgIpc) is 2.90. The number of carbonyl (C=O) groups is 1. The third-order valence-corrected chi connectivity index (χ3v) is 4.60. The van der Waals surface area contributed by atoms with Crippen molar-refractivity contribution in [2.24, 2.45) is 5.41 Å². The molecule has 2 aliphatic rings. The highest BCUT2D eigenvalue weighted by Gasteiger charge is 2.37. The van der Waals surface area contributed by atoms with E-state index in [0.29, 0.717) is 11.9 Å². The second-order valence-corrected chi connectivity index (χ2v) is 5.88. The molecule has 0 aromatic carbocycles. The van der Waals surface area contributed by atoms with Gasteiger partial charge >= 0.3 is 0 Å². The van der Waals surface area contributed by atoms with Gasteiger partial charge in [0.05, 0.1) is 6.10 Å². The van der Waals surface area contributed by atoms with Crippen molar-refractivity contribution in [2.75, 3.05) is 19.7 Å². The molecule has 2 aliphatic heterocycles. The molecule has 2 heterocycles. The summed E-state index contributed by atoms with van der Waals surface area (Å²) in [4.78, 5) is 12.6. The smallest absolute Gasteiger partial charge is 0.139 e. The normalized spacial score (nSPS) is 27.3. The Morgan fingerprint density at radius 1 is 1.39 bits per heavy atom. The summed E-state index contributed by atoms with van der Waals surface area (Å²) in [5.41, 5.74) is -0.0153. The Hall–Kier alpha value is -0.410. The minimum absolute atomic E-state index is 0.0153. The molecule has 2 saturated heterocycles. The van der Waals surface area contributed by atoms with Crippen molar-refractivity contribution in [1.29, 1.82) is 0 Å². The van der Waals surface area contributed by atoms with E-state index in [2.05, 4.69) is 12.2 Å². The van der Waals surface area contributed by atoms with E-state index in [4.69, 9.17) is 4.74 Å². The fourth-order valence-electron chi connectivity index (χ4n) is 3.48. The number of ether oxygens (including phenoxy) is 1. The maximum Gasteiger partial charge on any atom is 0.139 e. The summed E-state index contributed by atoms with van der Waals surface area (Å²) in [6, 6.07) is 0. The lowest BCUT2D eigenvalue weighted by Crippen LogP contribution is -2.42. The fraction of sp³-hybridized carbons (Fsp3) is 0.933. The maximum atomic E-state index is 12.6. The van der Waals surface area contributed by atoms with Crippen LogP contribution in [0.2, 0.25) is 0 Å². The van der Waals surface area contributed by atoms with Gasteiger partial charge < -0.3 is 10.1 Å². The predicted octanol–water partition coefficient (Wildman–Crippen LogP) is 2.68. The van der Waals surface area contributed by atoms with Crippen molar-refractivity contribution in [3.63, 3.8) is 0 Å². The Morgan fingerprint density at radius 2 is 2.17 bits per heavy atom. The maximum absolute atomic E-state index is 12.6. The first kappa shape index (κ1) is 14.0. The zero-order chi connectivity index (χ0) is 12.8. The van der Waals surface area contributed by atoms with Gasteiger partial charge in [0.1, 0.15) is 5.78 Å². The number of carbonyl (C=O) groups excluding carboxylic acids is 1. The first-order chi connectivity index (χ1) is 8.77. The largest absolute Gasteiger partial charge is 0.378 e. The van der Waals surface area contributed by atoms with Crippen LogP contribution < -0.4 is 5.32 Å². The van der Waals surface area contributed by atoms with Crippen molar-refractivity contribution in [3.05, 3.63) is 0 Å². The number of piperidine rings is 1. The Kier molecular flexibility index (Phi) is 5.19. The van der Waals surface area contributed by atoms with Gasteiger partial charge in [-0.15, -0.1) is 0 Å². The van der Waals surface area contributed by atoms with Crippen LogP contribution in [0, 0.1) is 5.41 Å². The minimum Gasteiger partial charge on any atom is -0.378 e. The zero-order valence-electron chi connectivity index (χ0n) is 11.7. The van der Waals surface area contributed by atoms with Gasteiger partial charge in [-0.2, -0.15) is 0 Å². The Bertz CT molecular complexity index is 260. The number of ketones is 1. The molecule has 0 radical (unpaired) electrons. The highest BCUT2D eigenvalue weighted by atomic mass is 16.5. The number of Topliss-reactive ketones (excluding diaryl/α,β-unsaturated/α-hetero) is 1. The molecule has 0 aromatic rings. The van der Waals surface area contributed by atoms with Gasteiger partial charge in [0.15, 0.2) is 0 Å². The van der Waals surface area contributed by atoms with Crippen molar-refractivity contribution in [1.82, 2.24) is 5.32 Å². The van der Waals surface area contributed by atoms with Gasteiger partial charge in [-0.25, -0.2) is 0 Å². The van der Waals surface area contributed by atoms with Crippen LogP contribution in [0.15, 0.2) is 0 Å². The third-order valence-electron chi connectivity index (χ3n) is 4.60. The molecular formula is C15H27NO2. The zero-order valence-corrected chi connectivity index (χ0v) is 11.7. The lowest BCUT2D eigenvalue weighted by molar-refractivity contribution is -0.131. The Balaban J connectivity index is 1.86. The van der Waals surface area contributed by atoms with Crippen LogP contribution in [0.3, 0.4) is 0 Å². The number of rotatable bonds is 6. The minimum atomic E-state index is -0.0153. The lowest BCUT2D eigenvalue weighted by atomic mass is 9.71. The van der Waals surface area contributed by atoms with Gasteiger partial charge in [0, 0.05) is 18.4 Å². The SMILES string of the molecule is CCCC1(C(=O)CCC2CCCO2)CCNCC1. The van der Waals surface area contributed by atoms with Crippen LogP contribution in [0.5, 0.6) is 0 Å². The molecule has 0 amide bonds. The van der Waals surface area contributed by atoms with Crippen LogP contribution >= 0.6 is 0 Å². The van der Waals surface area contributed by atoms with Crippen LogP contribution in [0.25, 0.3) is 0 Å². The summed E-state index contributed by atoms with van der Waals surface area (Å²) in [7, 11) is 0. The number of hydrogen-bond donors (Lipinski definition) is 1. The summed E-state index contributed by atoms with van der Waals surface area (Å²) < 4.78 is 5.62. The molecule has 2 fully saturated rings. The lowest BCUT2D eigenvalue weighted by Gasteiger charge is -2.36. The fourth-order valence-corrected chi connectivity index (χ4v) is 3.48. The molecule has 3 heteroatoms. The van der Waals surface area contributed by atoms with Crippen molar-refractivity contribution in [2.45, 2.75) is 64.4 Å². The summed E-state index contributed by atoms with van der Waals surface area (Å²) in [6.07, 6.45) is 8.59. The first-order valence-corrected chi connectivity index (χ1v) is 7.62. The topological polar surface area (TPSA) is 38.3 Å². The van der Waals surface area contributed by atoms with E-state index in [1.807, 2.05) is 0 Å². The molecule has 1 atom stereocenters. The van der Waals surface area contributed by atoms with Crippen molar-refractivity contribution >= 4 is 5.78 Å². The van der Waals surface area contributed by atoms with Crippen LogP contribution in [0.1, 0.15) is 58.3 Å². The van der Waals surface area contributed by atoms with Crippen molar-refractivity contribution in [3.8, 4) is 0 Å². The van der Waals surface area contributed by atoms with Gasteiger partial charge in [-0.3, -0.25) is 4.79 Å². The summed E-state index contributed by atoms with van der Waals surface area (Å²) in [5, 5.41) is 3.37. The molecule has 18 heavy (non-hydrogen) atoms. The van der Waals surface area contributed by atoms with Crippen LogP contribution in [-0.4, -0.2) is 31.6 Å². The van der Waals surface area contributed by atoms with Gasteiger partial charge in [0.25, 0.3) is 0 Å². The van der Waals surface area contributed by atoms with E-state index in [9.17, 15) is 4.79 Å². The third kappa shape index (κ3) is 3.33. The highest BCUT2D eigenvalue weighted by Crippen LogP contribution is 2.37. The molecule has 0 saturated carbocycles. The average molecular weight is 253 g/mol. The van der Waals surface area contributed by atoms with E-state index in [0.717, 1.165) is 64.6 Å². The van der Waals surface area contributed by atoms with Crippen LogP contribution in [-0.2, 0) is 9.53 Å². The predicted molar refractivity (Wildman–Crippen MR) is 72.7 cm³/mol. The van der Waals surface area contributed by atoms with E-state index in [1.54, 1.807) is 0 Å². The molecule has 3 nitrogen and oxygen atoms in total. The number of nitrogens with one attached hydrogen (secondary N) is 1. The molecule has 0 spiro atoms. The second kappa shape index (κ2) is 6.67. The molecule has 1 unspecified atom stereocenters. The summed E-state index contributed by atoms with van der Waals surface area (Å²) >= 11 is 0. The summed E-state index contributed by atoms with van der Waals surface area (Å²) in [5.74, 6) is 0.501. The van der Waals surface area contributed by atoms with E-state index in [1.165, 1.54) is 6.42 Å². The summed E-state index contributed by atoms with van der Waals surface area (Å²) in [6.45, 7) is 5.09. The monoisotopic (exact) mass is 253 g/mol. The standard InChI is InChI=1S/C15H27NO2/c1-2-7-15(8-10-16-11-9-15)14(17)6-5-13-4-3-12-18-13/h13,16H,2-12H2,1H3. The van der Waals surface area contributed by atoms with E-state index in [-0.39, 0.29) is 5.41 Å². The first-order valence-electron chi connectivity index (χ1n) is 7.62. The van der Waals surface area contributed by atoms with Crippen LogP contribution in [0.4, 0.5) is 0 Å². The quantitative estimate of drug-likeness (QED) is 0.791. The van der Waals surface area contributed by atoms with Gasteiger partial charge in [-0.05, 0) is 51.6 Å². The Morgan fingerprint density at radius 3 is 2.78 bits per heavy atom. The molecule has 0 aliphatic carbocycles. The van der Waals surface area contributed by atoms with Crippen molar-refractivity contribution < 1.29 is 9.53 Å². The molecule has 1 N–H and O–H groups in total. The highest BCUT2D eigenvalue weighted by molar-refractivity contribution is 5.85. The molecule has 0 aromatic heterocycles. The van der Waals surface area contributed by atoms with E-state index < -0.39 is 0 Å². The second-order valence-electron chi connectivity index (χ2n) is 5.88. The van der Waals surface area contributed by atoms with Gasteiger partial charge in [0.2, 0.25) is 0 Å². The number of hydrogen-bond acceptors (Lipinski definition) is 3. The van der Waals surface area contributed by atoms with Gasteiger partial charge in [-0.1, -0.05) is 13.3 Å². The molecular weight excluding hydrogens is 226 g/mol.